The Kier molecular flexibility index (Phi) is 13.1. The zero-order valence-corrected chi connectivity index (χ0v) is 25.2. The first kappa shape index (κ1) is 28.6. The van der Waals surface area contributed by atoms with E-state index in [-0.39, 0.29) is 21.0 Å². The van der Waals surface area contributed by atoms with Crippen molar-refractivity contribution in [2.75, 3.05) is 0 Å². The van der Waals surface area contributed by atoms with Crippen LogP contribution >= 0.6 is 57.1 Å². The van der Waals surface area contributed by atoms with Crippen LogP contribution in [0, 0.1) is 0 Å². The van der Waals surface area contributed by atoms with Crippen LogP contribution in [0.5, 0.6) is 0 Å². The van der Waals surface area contributed by atoms with E-state index in [1.165, 1.54) is 45.5 Å². The van der Waals surface area contributed by atoms with Crippen molar-refractivity contribution in [2.45, 2.75) is 76.4 Å². The molecule has 1 aromatic rings. The molecule has 0 aliphatic heterocycles. The van der Waals surface area contributed by atoms with E-state index >= 15 is 0 Å². The molecule has 0 bridgehead atoms. The summed E-state index contributed by atoms with van der Waals surface area (Å²) < 4.78 is 40.9. The van der Waals surface area contributed by atoms with Crippen LogP contribution < -0.4 is 4.35 Å². The van der Waals surface area contributed by atoms with Gasteiger partial charge in [-0.1, -0.05) is 0 Å². The van der Waals surface area contributed by atoms with Crippen LogP contribution in [0.25, 0.3) is 0 Å². The summed E-state index contributed by atoms with van der Waals surface area (Å²) in [6, 6.07) is 9.60. The Hall–Kier alpha value is 1.56. The van der Waals surface area contributed by atoms with Crippen LogP contribution in [-0.2, 0) is 16.2 Å². The summed E-state index contributed by atoms with van der Waals surface area (Å²) >= 11 is 2.65. The molecule has 29 heavy (non-hydrogen) atoms. The van der Waals surface area contributed by atoms with Crippen molar-refractivity contribution >= 4 is 76.8 Å². The van der Waals surface area contributed by atoms with E-state index in [1.54, 1.807) is 0 Å². The van der Waals surface area contributed by atoms with Gasteiger partial charge < -0.3 is 0 Å². The third-order valence-corrected chi connectivity index (χ3v) is 27.4. The first-order chi connectivity index (χ1) is 13.3. The van der Waals surface area contributed by atoms with Crippen LogP contribution in [0.3, 0.4) is 0 Å². The quantitative estimate of drug-likeness (QED) is 0.172. The van der Waals surface area contributed by atoms with E-state index in [0.29, 0.717) is 0 Å². The van der Waals surface area contributed by atoms with Gasteiger partial charge in [-0.3, -0.25) is 0 Å². The molecule has 0 aromatic heterocycles. The summed E-state index contributed by atoms with van der Waals surface area (Å²) in [5.74, 6) is -6.15. The van der Waals surface area contributed by atoms with E-state index < -0.39 is 26.9 Å². The van der Waals surface area contributed by atoms with E-state index in [1.807, 2.05) is 85.7 Å². The summed E-state index contributed by atoms with van der Waals surface area (Å²) in [4.78, 5) is 0. The van der Waals surface area contributed by atoms with Crippen molar-refractivity contribution in [1.29, 1.82) is 0 Å². The average Bonchev–Trinajstić information content (AvgIpc) is 2.51. The van der Waals surface area contributed by atoms with Crippen molar-refractivity contribution in [3.63, 3.8) is 0 Å². The topological polar surface area (TPSA) is 52.6 Å². The molecule has 0 heterocycles. The Bertz CT molecular complexity index is 636. The van der Waals surface area contributed by atoms with Gasteiger partial charge in [-0.15, -0.1) is 0 Å². The fraction of sp³-hybridized carbons (Fsp3) is 0.667. The van der Waals surface area contributed by atoms with Crippen LogP contribution in [0.1, 0.15) is 55.4 Å². The average molecular weight is 579 g/mol. The molecule has 4 nitrogen and oxygen atoms in total. The van der Waals surface area contributed by atoms with Crippen molar-refractivity contribution in [3.8, 4) is 0 Å². The fourth-order valence-corrected chi connectivity index (χ4v) is 30.6. The molecule has 0 radical (unpaired) electrons. The van der Waals surface area contributed by atoms with Gasteiger partial charge in [-0.2, -0.15) is 0 Å². The molecule has 0 saturated carbocycles. The molecule has 0 N–H and O–H groups in total. The SMILES string of the molecule is CC(C)SP(=O)(O[As](OP(=O)(SC(C)C)SC(C)C)c1ccccc1)SC(C)C. The Balaban J connectivity index is 3.28. The molecule has 0 aliphatic carbocycles. The van der Waals surface area contributed by atoms with Gasteiger partial charge in [-0.05, 0) is 0 Å². The normalized spacial score (nSPS) is 13.4. The Labute approximate surface area is 198 Å². The molecule has 0 fully saturated rings. The van der Waals surface area contributed by atoms with Crippen LogP contribution in [-0.4, -0.2) is 36.3 Å². The molecular weight excluding hydrogens is 545 g/mol. The van der Waals surface area contributed by atoms with Gasteiger partial charge in [0.25, 0.3) is 0 Å². The minimum absolute atomic E-state index is 0.153. The molecular formula is C18H33AsO4P2S4. The van der Waals surface area contributed by atoms with Gasteiger partial charge in [0.1, 0.15) is 0 Å². The Morgan fingerprint density at radius 1 is 0.655 bits per heavy atom. The fourth-order valence-electron chi connectivity index (χ4n) is 2.00. The van der Waals surface area contributed by atoms with Crippen molar-refractivity contribution in [1.82, 2.24) is 0 Å². The Morgan fingerprint density at radius 2 is 0.966 bits per heavy atom. The Morgan fingerprint density at radius 3 is 1.24 bits per heavy atom. The maximum absolute atomic E-state index is 13.7. The summed E-state index contributed by atoms with van der Waals surface area (Å²) in [5, 5.41) is 0.613. The minimum atomic E-state index is -3.07. The van der Waals surface area contributed by atoms with Gasteiger partial charge >= 0.3 is 200 Å². The molecule has 1 rings (SSSR count). The van der Waals surface area contributed by atoms with Gasteiger partial charge in [0.05, 0.1) is 0 Å². The molecule has 0 atom stereocenters. The molecule has 1 aromatic carbocycles. The monoisotopic (exact) mass is 578 g/mol. The van der Waals surface area contributed by atoms with E-state index in [9.17, 15) is 9.13 Å². The van der Waals surface area contributed by atoms with Crippen molar-refractivity contribution in [2.24, 2.45) is 0 Å². The van der Waals surface area contributed by atoms with E-state index in [0.717, 1.165) is 4.35 Å². The number of benzene rings is 1. The standard InChI is InChI=1S/C18H33AsO4P2S4/c1-14(2)26-24(20,27-15(3)4)22-19(18-12-10-9-11-13-18)23-25(21,28-16(5)6)29-17(7)8/h9-17H,1-8H3. The zero-order valence-electron chi connectivity index (χ0n) is 18.3. The van der Waals surface area contributed by atoms with Crippen LogP contribution in [0.4, 0.5) is 0 Å². The summed E-state index contributed by atoms with van der Waals surface area (Å²) in [6.07, 6.45) is 0. The van der Waals surface area contributed by atoms with E-state index in [4.69, 9.17) is 7.03 Å². The predicted molar refractivity (Wildman–Crippen MR) is 140 cm³/mol. The molecule has 0 amide bonds. The molecule has 0 spiro atoms. The predicted octanol–water partition coefficient (Wildman–Crippen LogP) is 8.20. The second-order valence-corrected chi connectivity index (χ2v) is 27.9. The zero-order chi connectivity index (χ0) is 22.2. The molecule has 0 aliphatic rings. The number of rotatable bonds is 13. The molecule has 11 heteroatoms. The molecule has 0 saturated heterocycles. The summed E-state index contributed by atoms with van der Waals surface area (Å²) in [5.41, 5.74) is 0. The summed E-state index contributed by atoms with van der Waals surface area (Å²) in [7, 11) is 0. The first-order valence-electron chi connectivity index (χ1n) is 9.52. The van der Waals surface area contributed by atoms with Gasteiger partial charge in [-0.25, -0.2) is 0 Å². The van der Waals surface area contributed by atoms with Gasteiger partial charge in [0.2, 0.25) is 0 Å². The number of hydrogen-bond donors (Lipinski definition) is 0. The van der Waals surface area contributed by atoms with Crippen molar-refractivity contribution < 1.29 is 16.2 Å². The third kappa shape index (κ3) is 11.8. The molecule has 168 valence electrons. The maximum atomic E-state index is 13.7. The van der Waals surface area contributed by atoms with Crippen LogP contribution in [0.2, 0.25) is 0 Å². The third-order valence-electron chi connectivity index (χ3n) is 2.68. The van der Waals surface area contributed by atoms with Gasteiger partial charge in [0.15, 0.2) is 0 Å². The molecule has 0 unspecified atom stereocenters. The van der Waals surface area contributed by atoms with Crippen molar-refractivity contribution in [3.05, 3.63) is 30.3 Å². The summed E-state index contributed by atoms with van der Waals surface area (Å²) in [6.45, 7) is 16.1. The second kappa shape index (κ2) is 13.3. The van der Waals surface area contributed by atoms with Crippen LogP contribution in [0.15, 0.2) is 30.3 Å². The first-order valence-corrected chi connectivity index (χ1v) is 21.2. The van der Waals surface area contributed by atoms with Gasteiger partial charge in [0, 0.05) is 0 Å². The van der Waals surface area contributed by atoms with E-state index in [2.05, 4.69) is 0 Å². The second-order valence-electron chi connectivity index (χ2n) is 7.27. The number of hydrogen-bond acceptors (Lipinski definition) is 8.